The third kappa shape index (κ3) is 4.10. The molecule has 1 fully saturated rings. The van der Waals surface area contributed by atoms with Crippen molar-refractivity contribution in [1.29, 1.82) is 5.41 Å². The van der Waals surface area contributed by atoms with E-state index >= 15 is 0 Å². The molecule has 0 aliphatic carbocycles. The number of hydrogen-bond acceptors (Lipinski definition) is 4. The molecule has 0 atom stereocenters. The molecular weight excluding hydrogens is 346 g/mol. The van der Waals surface area contributed by atoms with Crippen molar-refractivity contribution in [3.8, 4) is 0 Å². The molecule has 1 saturated heterocycles. The Morgan fingerprint density at radius 2 is 2.00 bits per heavy atom. The third-order valence-corrected chi connectivity index (χ3v) is 5.11. The van der Waals surface area contributed by atoms with E-state index in [1.54, 1.807) is 18.2 Å². The lowest BCUT2D eigenvalue weighted by atomic mass is 10.0. The summed E-state index contributed by atoms with van der Waals surface area (Å²) in [5.41, 5.74) is 2.55. The lowest BCUT2D eigenvalue weighted by Crippen LogP contribution is -2.48. The van der Waals surface area contributed by atoms with E-state index < -0.39 is 5.97 Å². The number of hydrogen-bond donors (Lipinski definition) is 2. The van der Waals surface area contributed by atoms with Crippen molar-refractivity contribution in [2.24, 2.45) is 7.05 Å². The molecule has 1 aliphatic heterocycles. The van der Waals surface area contributed by atoms with Gasteiger partial charge in [0.25, 0.3) is 0 Å². The summed E-state index contributed by atoms with van der Waals surface area (Å²) in [7, 11) is 1.90. The molecule has 8 heteroatoms. The fourth-order valence-corrected chi connectivity index (χ4v) is 3.62. The number of carboxylic acid groups (broad SMARTS) is 1. The largest absolute Gasteiger partial charge is 0.481 e. The number of piperidine rings is 1. The molecule has 0 unspecified atom stereocenters. The van der Waals surface area contributed by atoms with Crippen LogP contribution in [-0.4, -0.2) is 56.4 Å². The van der Waals surface area contributed by atoms with Crippen molar-refractivity contribution >= 4 is 34.4 Å². The number of aromatic nitrogens is 2. The quantitative estimate of drug-likeness (QED) is 0.620. The van der Waals surface area contributed by atoms with Crippen LogP contribution in [0.5, 0.6) is 0 Å². The summed E-state index contributed by atoms with van der Waals surface area (Å²) in [6.45, 7) is 3.21. The number of carboxylic acids is 1. The van der Waals surface area contributed by atoms with Crippen molar-refractivity contribution in [2.75, 3.05) is 18.0 Å². The normalized spacial score (nSPS) is 15.1. The van der Waals surface area contributed by atoms with Crippen LogP contribution in [0.15, 0.2) is 24.5 Å². The van der Waals surface area contributed by atoms with Gasteiger partial charge >= 0.3 is 5.97 Å². The summed E-state index contributed by atoms with van der Waals surface area (Å²) in [5, 5.41) is 16.7. The van der Waals surface area contributed by atoms with Gasteiger partial charge in [-0.25, -0.2) is 4.98 Å². The van der Waals surface area contributed by atoms with Crippen molar-refractivity contribution in [1.82, 2.24) is 14.5 Å². The number of amidine groups is 1. The average Bonchev–Trinajstić information content (AvgIpc) is 3.01. The molecule has 0 saturated carbocycles. The zero-order valence-corrected chi connectivity index (χ0v) is 15.7. The van der Waals surface area contributed by atoms with Crippen LogP contribution in [0.3, 0.4) is 0 Å². The monoisotopic (exact) mass is 371 g/mol. The first kappa shape index (κ1) is 18.9. The van der Waals surface area contributed by atoms with E-state index in [-0.39, 0.29) is 24.8 Å². The van der Waals surface area contributed by atoms with Crippen molar-refractivity contribution in [3.05, 3.63) is 24.5 Å². The van der Waals surface area contributed by atoms with E-state index in [9.17, 15) is 9.59 Å². The predicted molar refractivity (Wildman–Crippen MR) is 103 cm³/mol. The number of aliphatic carboxylic acids is 1. The van der Waals surface area contributed by atoms with Gasteiger partial charge in [0.2, 0.25) is 5.91 Å². The molecule has 144 valence electrons. The van der Waals surface area contributed by atoms with Gasteiger partial charge in [-0.1, -0.05) is 0 Å². The molecule has 1 aromatic heterocycles. The summed E-state index contributed by atoms with van der Waals surface area (Å²) in [4.78, 5) is 31.9. The maximum atomic E-state index is 12.9. The Morgan fingerprint density at radius 3 is 2.63 bits per heavy atom. The second kappa shape index (κ2) is 7.77. The number of nitrogens with zero attached hydrogens (tertiary/aromatic N) is 4. The number of amides is 1. The van der Waals surface area contributed by atoms with Crippen molar-refractivity contribution in [3.63, 3.8) is 0 Å². The number of aryl methyl sites for hydroxylation is 1. The second-order valence-electron chi connectivity index (χ2n) is 6.99. The molecule has 2 N–H and O–H groups in total. The van der Waals surface area contributed by atoms with Crippen LogP contribution >= 0.6 is 0 Å². The standard InChI is InChI=1S/C19H25N5O3/c1-13(20)23-9-7-14(8-10-23)24(18(25)5-6-19(26)27)15-3-4-16-17(11-15)22(2)12-21-16/h3-4,11-12,14,20H,5-10H2,1-2H3,(H,26,27). The summed E-state index contributed by atoms with van der Waals surface area (Å²) in [6.07, 6.45) is 3.03. The lowest BCUT2D eigenvalue weighted by molar-refractivity contribution is -0.138. The van der Waals surface area contributed by atoms with Crippen LogP contribution in [0.4, 0.5) is 5.69 Å². The van der Waals surface area contributed by atoms with E-state index in [1.165, 1.54) is 0 Å². The van der Waals surface area contributed by atoms with Crippen LogP contribution in [0.1, 0.15) is 32.6 Å². The molecule has 1 aromatic carbocycles. The number of likely N-dealkylation sites (tertiary alicyclic amines) is 1. The minimum Gasteiger partial charge on any atom is -0.481 e. The average molecular weight is 371 g/mol. The van der Waals surface area contributed by atoms with Crippen LogP contribution in [0, 0.1) is 5.41 Å². The Kier molecular flexibility index (Phi) is 5.43. The van der Waals surface area contributed by atoms with E-state index in [1.807, 2.05) is 34.7 Å². The van der Waals surface area contributed by atoms with Crippen LogP contribution in [0.2, 0.25) is 0 Å². The second-order valence-corrected chi connectivity index (χ2v) is 6.99. The van der Waals surface area contributed by atoms with Gasteiger partial charge in [-0.05, 0) is 38.0 Å². The number of nitrogens with one attached hydrogen (secondary N) is 1. The summed E-state index contributed by atoms with van der Waals surface area (Å²) < 4.78 is 1.90. The minimum absolute atomic E-state index is 0.00688. The zero-order chi connectivity index (χ0) is 19.6. The van der Waals surface area contributed by atoms with Crippen LogP contribution < -0.4 is 4.90 Å². The Bertz CT molecular complexity index is 867. The van der Waals surface area contributed by atoms with Crippen molar-refractivity contribution < 1.29 is 14.7 Å². The minimum atomic E-state index is -0.973. The summed E-state index contributed by atoms with van der Waals surface area (Å²) in [6, 6.07) is 5.70. The maximum absolute atomic E-state index is 12.9. The molecule has 0 radical (unpaired) electrons. The SMILES string of the molecule is CC(=N)N1CCC(N(C(=O)CCC(=O)O)c2ccc3ncn(C)c3c2)CC1. The van der Waals surface area contributed by atoms with Crippen LogP contribution in [-0.2, 0) is 16.6 Å². The van der Waals surface area contributed by atoms with E-state index in [4.69, 9.17) is 10.5 Å². The highest BCUT2D eigenvalue weighted by molar-refractivity contribution is 5.97. The predicted octanol–water partition coefficient (Wildman–Crippen LogP) is 2.23. The molecular formula is C19H25N5O3. The fraction of sp³-hybridized carbons (Fsp3) is 0.474. The molecule has 1 aliphatic rings. The molecule has 0 spiro atoms. The number of carbonyl (C=O) groups is 2. The first-order valence-electron chi connectivity index (χ1n) is 9.12. The number of benzene rings is 1. The molecule has 1 amide bonds. The van der Waals surface area contributed by atoms with E-state index in [0.29, 0.717) is 5.84 Å². The van der Waals surface area contributed by atoms with Gasteiger partial charge < -0.3 is 19.5 Å². The van der Waals surface area contributed by atoms with Gasteiger partial charge in [-0.15, -0.1) is 0 Å². The number of imidazole rings is 1. The van der Waals surface area contributed by atoms with Crippen molar-refractivity contribution in [2.45, 2.75) is 38.6 Å². The van der Waals surface area contributed by atoms with Crippen LogP contribution in [0.25, 0.3) is 11.0 Å². The summed E-state index contributed by atoms with van der Waals surface area (Å²) >= 11 is 0. The Hall–Kier alpha value is -2.90. The van der Waals surface area contributed by atoms with Gasteiger partial charge in [-0.3, -0.25) is 15.0 Å². The molecule has 8 nitrogen and oxygen atoms in total. The van der Waals surface area contributed by atoms with E-state index in [0.717, 1.165) is 42.7 Å². The highest BCUT2D eigenvalue weighted by atomic mass is 16.4. The first-order valence-corrected chi connectivity index (χ1v) is 9.12. The van der Waals surface area contributed by atoms with Gasteiger partial charge in [0.15, 0.2) is 0 Å². The van der Waals surface area contributed by atoms with E-state index in [2.05, 4.69) is 4.98 Å². The van der Waals surface area contributed by atoms with Gasteiger partial charge in [0.05, 0.1) is 29.6 Å². The first-order chi connectivity index (χ1) is 12.9. The van der Waals surface area contributed by atoms with Gasteiger partial charge in [-0.2, -0.15) is 0 Å². The molecule has 27 heavy (non-hydrogen) atoms. The lowest BCUT2D eigenvalue weighted by Gasteiger charge is -2.39. The number of carbonyl (C=O) groups excluding carboxylic acids is 1. The summed E-state index contributed by atoms with van der Waals surface area (Å²) in [5.74, 6) is -0.614. The molecule has 0 bridgehead atoms. The Morgan fingerprint density at radius 1 is 1.30 bits per heavy atom. The third-order valence-electron chi connectivity index (χ3n) is 5.11. The Labute approximate surface area is 157 Å². The molecule has 3 rings (SSSR count). The molecule has 2 aromatic rings. The topological polar surface area (TPSA) is 103 Å². The number of anilines is 1. The number of rotatable bonds is 5. The zero-order valence-electron chi connectivity index (χ0n) is 15.7. The number of fused-ring (bicyclic) bond motifs is 1. The maximum Gasteiger partial charge on any atom is 0.303 e. The van der Waals surface area contributed by atoms with Gasteiger partial charge in [0.1, 0.15) is 0 Å². The highest BCUT2D eigenvalue weighted by Gasteiger charge is 2.29. The Balaban J connectivity index is 1.89. The van der Waals surface area contributed by atoms with Gasteiger partial charge in [0, 0.05) is 38.3 Å². The highest BCUT2D eigenvalue weighted by Crippen LogP contribution is 2.28. The fourth-order valence-electron chi connectivity index (χ4n) is 3.62. The smallest absolute Gasteiger partial charge is 0.303 e. The molecule has 2 heterocycles.